The molecule has 0 aliphatic carbocycles. The number of benzene rings is 2. The van der Waals surface area contributed by atoms with Crippen molar-refractivity contribution in [2.24, 2.45) is 0 Å². The van der Waals surface area contributed by atoms with Crippen LogP contribution in [0.5, 0.6) is 5.75 Å². The number of aromatic nitrogens is 5. The number of ether oxygens (including phenoxy) is 1. The van der Waals surface area contributed by atoms with Gasteiger partial charge >= 0.3 is 0 Å². The third-order valence-corrected chi connectivity index (χ3v) is 8.51. The zero-order valence-electron chi connectivity index (χ0n) is 23.6. The molecule has 2 aliphatic rings. The number of hydrogen-bond donors (Lipinski definition) is 0. The number of nitrogens with zero attached hydrogens (tertiary/aromatic N) is 8. The first-order chi connectivity index (χ1) is 21.3. The minimum atomic E-state index is -0.512. The first-order valence-corrected chi connectivity index (χ1v) is 14.8. The van der Waals surface area contributed by atoms with Gasteiger partial charge in [0.15, 0.2) is 11.6 Å². The Balaban J connectivity index is 1.15. The summed E-state index contributed by atoms with van der Waals surface area (Å²) in [4.78, 5) is 28.2. The van der Waals surface area contributed by atoms with Gasteiger partial charge in [0.05, 0.1) is 27.6 Å². The molecule has 44 heavy (non-hydrogen) atoms. The fourth-order valence-corrected chi connectivity index (χ4v) is 5.94. The van der Waals surface area contributed by atoms with E-state index >= 15 is 4.39 Å². The van der Waals surface area contributed by atoms with Crippen LogP contribution in [0, 0.1) is 15.9 Å². The monoisotopic (exact) mass is 620 g/mol. The third kappa shape index (κ3) is 4.94. The van der Waals surface area contributed by atoms with E-state index in [4.69, 9.17) is 13.6 Å². The number of non-ortho nitro benzene ring substituents is 1. The van der Waals surface area contributed by atoms with E-state index < -0.39 is 16.2 Å². The second-order valence-electron chi connectivity index (χ2n) is 10.6. The van der Waals surface area contributed by atoms with E-state index in [0.717, 1.165) is 24.9 Å². The van der Waals surface area contributed by atoms with Crippen molar-refractivity contribution in [3.63, 3.8) is 0 Å². The summed E-state index contributed by atoms with van der Waals surface area (Å²) in [5, 5.41) is 27.4. The van der Waals surface area contributed by atoms with Gasteiger partial charge in [-0.05, 0) is 32.2 Å². The normalized spacial score (nSPS) is 16.8. The van der Waals surface area contributed by atoms with Crippen LogP contribution in [-0.2, 0) is 5.75 Å². The molecule has 226 valence electrons. The summed E-state index contributed by atoms with van der Waals surface area (Å²) in [7, 11) is 2.03. The van der Waals surface area contributed by atoms with Gasteiger partial charge in [0, 0.05) is 50.1 Å². The van der Waals surface area contributed by atoms with Gasteiger partial charge in [0.1, 0.15) is 17.9 Å². The quantitative estimate of drug-likeness (QED) is 0.145. The Kier molecular flexibility index (Phi) is 7.01. The maximum atomic E-state index is 15.7. The first kappa shape index (κ1) is 28.0. The van der Waals surface area contributed by atoms with Crippen LogP contribution in [0.15, 0.2) is 55.4 Å². The molecule has 5 heterocycles. The number of pyridine rings is 1. The molecule has 1 atom stereocenters. The summed E-state index contributed by atoms with van der Waals surface area (Å²) >= 11 is 1.13. The Morgan fingerprint density at radius 2 is 1.82 bits per heavy atom. The molecule has 0 saturated carbocycles. The lowest BCUT2D eigenvalue weighted by atomic mass is 10.1. The molecule has 1 fully saturated rings. The standard InChI is InChI=1S/C28H25FN8O6S/c1-15-13-41-25-22-18(11-20(29)23(25)35-9-7-34(2)8-10-35)24(38)19(12-36(15)22)27-32-33-28(43-27)44-14-21-30-31-26(42-21)16-3-5-17(6-4-16)37(39)40/h3-6,11-12,15H,7-10,13-14H2,1-2H3. The summed E-state index contributed by atoms with van der Waals surface area (Å²) < 4.78 is 35.1. The Morgan fingerprint density at radius 3 is 2.57 bits per heavy atom. The lowest BCUT2D eigenvalue weighted by Gasteiger charge is -2.37. The number of rotatable bonds is 7. The Morgan fingerprint density at radius 1 is 1.07 bits per heavy atom. The smallest absolute Gasteiger partial charge is 0.277 e. The number of nitro benzene ring substituents is 1. The number of hydrogen-bond acceptors (Lipinski definition) is 13. The SMILES string of the molecule is CC1COc2c(N3CCN(C)CC3)c(F)cc3c(=O)c(-c4nnc(SCc5nnc(-c6ccc([N+](=O)[O-])cc6)o5)o4)cn1c23. The molecule has 0 bridgehead atoms. The molecule has 0 spiro atoms. The van der Waals surface area contributed by atoms with Crippen LogP contribution < -0.4 is 15.1 Å². The average Bonchev–Trinajstić information content (AvgIpc) is 3.70. The fourth-order valence-electron chi connectivity index (χ4n) is 5.34. The molecule has 5 aromatic rings. The van der Waals surface area contributed by atoms with Crippen molar-refractivity contribution < 1.29 is 22.9 Å². The Labute approximate surface area is 252 Å². The lowest BCUT2D eigenvalue weighted by Crippen LogP contribution is -2.45. The highest BCUT2D eigenvalue weighted by Crippen LogP contribution is 2.42. The molecular formula is C28H25FN8O6S. The van der Waals surface area contributed by atoms with Gasteiger partial charge in [-0.2, -0.15) is 0 Å². The van der Waals surface area contributed by atoms with E-state index in [9.17, 15) is 14.9 Å². The maximum Gasteiger partial charge on any atom is 0.277 e. The Bertz CT molecular complexity index is 1950. The van der Waals surface area contributed by atoms with Crippen LogP contribution >= 0.6 is 11.8 Å². The van der Waals surface area contributed by atoms with Crippen molar-refractivity contribution >= 4 is 34.0 Å². The molecule has 0 amide bonds. The van der Waals surface area contributed by atoms with E-state index in [0.29, 0.717) is 42.2 Å². The molecule has 1 saturated heterocycles. The summed E-state index contributed by atoms with van der Waals surface area (Å²) in [5.41, 5.74) is 1.13. The van der Waals surface area contributed by atoms with Crippen LogP contribution in [0.2, 0.25) is 0 Å². The van der Waals surface area contributed by atoms with Gasteiger partial charge in [0.2, 0.25) is 17.2 Å². The largest absolute Gasteiger partial charge is 0.487 e. The van der Waals surface area contributed by atoms with Crippen molar-refractivity contribution in [1.82, 2.24) is 29.9 Å². The highest BCUT2D eigenvalue weighted by molar-refractivity contribution is 7.98. The van der Waals surface area contributed by atoms with E-state index in [1.165, 1.54) is 30.3 Å². The first-order valence-electron chi connectivity index (χ1n) is 13.8. The van der Waals surface area contributed by atoms with Gasteiger partial charge < -0.3 is 27.9 Å². The zero-order valence-corrected chi connectivity index (χ0v) is 24.4. The van der Waals surface area contributed by atoms with Crippen molar-refractivity contribution in [2.75, 3.05) is 44.7 Å². The van der Waals surface area contributed by atoms with Gasteiger partial charge in [-0.3, -0.25) is 14.9 Å². The molecule has 7 rings (SSSR count). The van der Waals surface area contributed by atoms with Gasteiger partial charge in [0.25, 0.3) is 16.8 Å². The molecule has 3 aromatic heterocycles. The summed E-state index contributed by atoms with van der Waals surface area (Å²) in [5.74, 6) is 0.542. The number of piperazine rings is 1. The minimum absolute atomic E-state index is 0.00374. The number of halogens is 1. The predicted octanol–water partition coefficient (Wildman–Crippen LogP) is 4.15. The van der Waals surface area contributed by atoms with Crippen LogP contribution in [0.3, 0.4) is 0 Å². The molecule has 16 heteroatoms. The molecule has 0 radical (unpaired) electrons. The number of thioether (sulfide) groups is 1. The van der Waals surface area contributed by atoms with E-state index in [1.807, 2.05) is 23.4 Å². The third-order valence-electron chi connectivity index (χ3n) is 7.71. The topological polar surface area (TPSA) is 159 Å². The van der Waals surface area contributed by atoms with Crippen molar-refractivity contribution in [3.8, 4) is 28.7 Å². The van der Waals surface area contributed by atoms with E-state index in [2.05, 4.69) is 25.3 Å². The summed E-state index contributed by atoms with van der Waals surface area (Å²) in [6, 6.07) is 6.91. The number of anilines is 1. The minimum Gasteiger partial charge on any atom is -0.487 e. The van der Waals surface area contributed by atoms with Crippen molar-refractivity contribution in [3.05, 3.63) is 68.6 Å². The maximum absolute atomic E-state index is 15.7. The summed E-state index contributed by atoms with van der Waals surface area (Å²) in [6.07, 6.45) is 1.67. The van der Waals surface area contributed by atoms with Crippen LogP contribution in [0.1, 0.15) is 18.9 Å². The summed E-state index contributed by atoms with van der Waals surface area (Å²) in [6.45, 7) is 5.16. The lowest BCUT2D eigenvalue weighted by molar-refractivity contribution is -0.384. The fraction of sp³-hybridized carbons (Fsp3) is 0.321. The van der Waals surface area contributed by atoms with Gasteiger partial charge in [-0.15, -0.1) is 20.4 Å². The molecule has 14 nitrogen and oxygen atoms in total. The molecule has 2 aliphatic heterocycles. The van der Waals surface area contributed by atoms with Gasteiger partial charge in [-0.1, -0.05) is 11.8 Å². The highest BCUT2D eigenvalue weighted by atomic mass is 32.2. The zero-order chi connectivity index (χ0) is 30.5. The van der Waals surface area contributed by atoms with Crippen molar-refractivity contribution in [1.29, 1.82) is 0 Å². The van der Waals surface area contributed by atoms with Gasteiger partial charge in [-0.25, -0.2) is 4.39 Å². The predicted molar refractivity (Wildman–Crippen MR) is 157 cm³/mol. The second kappa shape index (κ2) is 11.0. The van der Waals surface area contributed by atoms with Crippen LogP contribution in [0.4, 0.5) is 15.8 Å². The molecule has 2 aromatic carbocycles. The molecule has 1 unspecified atom stereocenters. The van der Waals surface area contributed by atoms with Crippen LogP contribution in [-0.4, -0.2) is 74.6 Å². The molecule has 0 N–H and O–H groups in total. The Hall–Kier alpha value is -4.83. The number of likely N-dealkylation sites (N-methyl/N-ethyl adjacent to an activating group) is 1. The molecular weight excluding hydrogens is 595 g/mol. The number of nitro groups is 1. The van der Waals surface area contributed by atoms with Crippen molar-refractivity contribution in [2.45, 2.75) is 23.9 Å². The van der Waals surface area contributed by atoms with E-state index in [-0.39, 0.29) is 51.3 Å². The van der Waals surface area contributed by atoms with Crippen LogP contribution in [0.25, 0.3) is 33.8 Å². The van der Waals surface area contributed by atoms with E-state index in [1.54, 1.807) is 6.20 Å². The average molecular weight is 621 g/mol. The second-order valence-corrected chi connectivity index (χ2v) is 11.6. The highest BCUT2D eigenvalue weighted by Gasteiger charge is 2.31.